The van der Waals surface area contributed by atoms with Crippen LogP contribution in [0.25, 0.3) is 32.8 Å². The van der Waals surface area contributed by atoms with E-state index >= 15 is 0 Å². The lowest BCUT2D eigenvalue weighted by Gasteiger charge is -2.10. The van der Waals surface area contributed by atoms with Crippen molar-refractivity contribution < 1.29 is 9.53 Å². The summed E-state index contributed by atoms with van der Waals surface area (Å²) in [7, 11) is 1.95. The first-order chi connectivity index (χ1) is 13.6. The van der Waals surface area contributed by atoms with Gasteiger partial charge in [-0.15, -0.1) is 0 Å². The summed E-state index contributed by atoms with van der Waals surface area (Å²) in [6.45, 7) is 4.56. The Kier molecular flexibility index (Phi) is 4.65. The van der Waals surface area contributed by atoms with Gasteiger partial charge in [0.05, 0.1) is 12.2 Å². The molecule has 4 nitrogen and oxygen atoms in total. The van der Waals surface area contributed by atoms with Crippen molar-refractivity contribution in [2.24, 2.45) is 12.8 Å². The highest BCUT2D eigenvalue weighted by Gasteiger charge is 2.21. The van der Waals surface area contributed by atoms with Crippen LogP contribution in [-0.4, -0.2) is 17.1 Å². The maximum atomic E-state index is 12.5. The first-order valence-electron chi connectivity index (χ1n) is 9.54. The topological polar surface area (TPSA) is 57.2 Å². The normalized spacial score (nSPS) is 11.3. The maximum Gasteiger partial charge on any atom is 0.340 e. The molecule has 3 aromatic carbocycles. The van der Waals surface area contributed by atoms with Gasteiger partial charge in [0.2, 0.25) is 0 Å². The molecule has 0 aliphatic rings. The van der Waals surface area contributed by atoms with E-state index < -0.39 is 0 Å². The molecule has 142 valence electrons. The molecule has 0 unspecified atom stereocenters. The molecule has 0 aliphatic heterocycles. The predicted molar refractivity (Wildman–Crippen MR) is 114 cm³/mol. The Bertz CT molecular complexity index is 1200. The third-order valence-electron chi connectivity index (χ3n) is 5.45. The third-order valence-corrected chi connectivity index (χ3v) is 5.45. The second-order valence-electron chi connectivity index (χ2n) is 7.01. The van der Waals surface area contributed by atoms with Crippen LogP contribution in [0.4, 0.5) is 0 Å². The van der Waals surface area contributed by atoms with Crippen LogP contribution in [0.1, 0.15) is 28.5 Å². The Morgan fingerprint density at radius 3 is 2.50 bits per heavy atom. The lowest BCUT2D eigenvalue weighted by Crippen LogP contribution is -2.12. The highest BCUT2D eigenvalue weighted by atomic mass is 16.5. The number of aryl methyl sites for hydroxylation is 2. The van der Waals surface area contributed by atoms with E-state index in [9.17, 15) is 4.79 Å². The Balaban J connectivity index is 1.96. The first-order valence-corrected chi connectivity index (χ1v) is 9.54. The Morgan fingerprint density at radius 1 is 1.04 bits per heavy atom. The van der Waals surface area contributed by atoms with Gasteiger partial charge in [-0.1, -0.05) is 48.5 Å². The molecule has 0 atom stereocenters. The lowest BCUT2D eigenvalue weighted by molar-refractivity contribution is 0.0527. The van der Waals surface area contributed by atoms with E-state index in [0.717, 1.165) is 22.2 Å². The van der Waals surface area contributed by atoms with Gasteiger partial charge in [-0.05, 0) is 47.4 Å². The van der Waals surface area contributed by atoms with Gasteiger partial charge in [0.1, 0.15) is 0 Å². The second-order valence-corrected chi connectivity index (χ2v) is 7.01. The number of hydrogen-bond donors (Lipinski definition) is 1. The number of ether oxygens (including phenoxy) is 1. The molecule has 4 heteroatoms. The van der Waals surface area contributed by atoms with E-state index in [1.807, 2.05) is 24.6 Å². The summed E-state index contributed by atoms with van der Waals surface area (Å²) in [4.78, 5) is 12.5. The average Bonchev–Trinajstić information content (AvgIpc) is 3.00. The lowest BCUT2D eigenvalue weighted by atomic mass is 9.95. The van der Waals surface area contributed by atoms with Gasteiger partial charge in [-0.25, -0.2) is 4.79 Å². The quantitative estimate of drug-likeness (QED) is 0.516. The number of carbonyl (C=O) groups is 1. The van der Waals surface area contributed by atoms with Crippen molar-refractivity contribution in [3.63, 3.8) is 0 Å². The van der Waals surface area contributed by atoms with Crippen LogP contribution in [0.2, 0.25) is 0 Å². The number of benzene rings is 3. The molecule has 1 heterocycles. The van der Waals surface area contributed by atoms with E-state index in [1.54, 1.807) is 0 Å². The number of aromatic nitrogens is 1. The fraction of sp³-hybridized carbons (Fsp3) is 0.208. The number of carbonyl (C=O) groups excluding carboxylic acids is 1. The van der Waals surface area contributed by atoms with Crippen LogP contribution in [0, 0.1) is 6.92 Å². The molecule has 0 aliphatic carbocycles. The molecule has 0 radical (unpaired) electrons. The molecular formula is C24H24N2O2. The Hall–Kier alpha value is -3.11. The number of rotatable bonds is 4. The van der Waals surface area contributed by atoms with E-state index in [1.165, 1.54) is 21.9 Å². The number of esters is 1. The number of nitrogens with two attached hydrogens (primary N) is 1. The maximum absolute atomic E-state index is 12.5. The molecule has 0 spiro atoms. The van der Waals surface area contributed by atoms with Gasteiger partial charge in [0, 0.05) is 30.2 Å². The van der Waals surface area contributed by atoms with Crippen LogP contribution in [0.5, 0.6) is 0 Å². The number of fused-ring (bicyclic) bond motifs is 2. The molecule has 0 bridgehead atoms. The summed E-state index contributed by atoms with van der Waals surface area (Å²) in [5, 5.41) is 3.35. The van der Waals surface area contributed by atoms with Crippen molar-refractivity contribution in [3.8, 4) is 11.1 Å². The van der Waals surface area contributed by atoms with E-state index in [0.29, 0.717) is 12.2 Å². The van der Waals surface area contributed by atoms with Gasteiger partial charge < -0.3 is 15.0 Å². The number of nitrogens with zero attached hydrogens (tertiary/aromatic N) is 1. The molecule has 0 fully saturated rings. The van der Waals surface area contributed by atoms with Crippen molar-refractivity contribution in [1.82, 2.24) is 4.57 Å². The number of hydrogen-bond acceptors (Lipinski definition) is 3. The third kappa shape index (κ3) is 2.77. The zero-order valence-corrected chi connectivity index (χ0v) is 16.5. The van der Waals surface area contributed by atoms with Gasteiger partial charge in [-0.2, -0.15) is 0 Å². The fourth-order valence-corrected chi connectivity index (χ4v) is 4.03. The Morgan fingerprint density at radius 2 is 1.79 bits per heavy atom. The molecule has 0 saturated heterocycles. The molecular weight excluding hydrogens is 348 g/mol. The largest absolute Gasteiger partial charge is 0.462 e. The van der Waals surface area contributed by atoms with Crippen molar-refractivity contribution >= 4 is 27.6 Å². The zero-order valence-electron chi connectivity index (χ0n) is 16.5. The summed E-state index contributed by atoms with van der Waals surface area (Å²) < 4.78 is 7.27. The van der Waals surface area contributed by atoms with Crippen molar-refractivity contribution in [2.75, 3.05) is 6.61 Å². The minimum absolute atomic E-state index is 0.280. The molecule has 1 aromatic heterocycles. The molecule has 4 aromatic rings. The van der Waals surface area contributed by atoms with Gasteiger partial charge in [-0.3, -0.25) is 0 Å². The van der Waals surface area contributed by atoms with Gasteiger partial charge in [0.15, 0.2) is 0 Å². The molecule has 2 N–H and O–H groups in total. The monoisotopic (exact) mass is 372 g/mol. The first kappa shape index (κ1) is 18.3. The van der Waals surface area contributed by atoms with Crippen LogP contribution in [-0.2, 0) is 18.3 Å². The standard InChI is InChI=1S/C24H24N2O2/c1-4-28-24(27)23-20-12-10-16(13-21(20)26(3)22(23)14-25)18-11-9-15(2)17-7-5-6-8-19(17)18/h5-13H,4,14,25H2,1-3H3. The summed E-state index contributed by atoms with van der Waals surface area (Å²) in [6, 6.07) is 19.0. The van der Waals surface area contributed by atoms with Crippen molar-refractivity contribution in [3.05, 3.63) is 71.4 Å². The predicted octanol–water partition coefficient (Wildman–Crippen LogP) is 4.94. The van der Waals surface area contributed by atoms with E-state index in [2.05, 4.69) is 55.5 Å². The van der Waals surface area contributed by atoms with Gasteiger partial charge in [0.25, 0.3) is 0 Å². The SMILES string of the molecule is CCOC(=O)c1c(CN)n(C)c2cc(-c3ccc(C)c4ccccc34)ccc12. The summed E-state index contributed by atoms with van der Waals surface area (Å²) in [5.74, 6) is -0.318. The molecule has 4 rings (SSSR count). The van der Waals surface area contributed by atoms with Crippen LogP contribution >= 0.6 is 0 Å². The summed E-state index contributed by atoms with van der Waals surface area (Å²) >= 11 is 0. The second kappa shape index (κ2) is 7.13. The van der Waals surface area contributed by atoms with Gasteiger partial charge >= 0.3 is 5.97 Å². The van der Waals surface area contributed by atoms with Crippen molar-refractivity contribution in [1.29, 1.82) is 0 Å². The average molecular weight is 372 g/mol. The highest BCUT2D eigenvalue weighted by molar-refractivity contribution is 6.08. The molecule has 28 heavy (non-hydrogen) atoms. The molecule has 0 saturated carbocycles. The van der Waals surface area contributed by atoms with E-state index in [4.69, 9.17) is 10.5 Å². The van der Waals surface area contributed by atoms with Crippen molar-refractivity contribution in [2.45, 2.75) is 20.4 Å². The summed E-state index contributed by atoms with van der Waals surface area (Å²) in [5.41, 5.74) is 11.9. The van der Waals surface area contributed by atoms with E-state index in [-0.39, 0.29) is 12.5 Å². The smallest absolute Gasteiger partial charge is 0.340 e. The summed E-state index contributed by atoms with van der Waals surface area (Å²) in [6.07, 6.45) is 0. The van der Waals surface area contributed by atoms with Crippen LogP contribution < -0.4 is 5.73 Å². The van der Waals surface area contributed by atoms with Crippen LogP contribution in [0.15, 0.2) is 54.6 Å². The minimum Gasteiger partial charge on any atom is -0.462 e. The Labute approximate surface area is 164 Å². The highest BCUT2D eigenvalue weighted by Crippen LogP contribution is 2.34. The zero-order chi connectivity index (χ0) is 19.8. The fourth-order valence-electron chi connectivity index (χ4n) is 4.03. The van der Waals surface area contributed by atoms with Crippen LogP contribution in [0.3, 0.4) is 0 Å². The minimum atomic E-state index is -0.318. The molecule has 0 amide bonds.